The number of hydrogen-bond donors (Lipinski definition) is 1. The lowest BCUT2D eigenvalue weighted by Gasteiger charge is -2.18. The quantitative estimate of drug-likeness (QED) is 0.497. The molecule has 33 heavy (non-hydrogen) atoms. The van der Waals surface area contributed by atoms with Gasteiger partial charge in [0.1, 0.15) is 0 Å². The van der Waals surface area contributed by atoms with Crippen molar-refractivity contribution >= 4 is 47.5 Å². The number of benzene rings is 2. The summed E-state index contributed by atoms with van der Waals surface area (Å²) >= 11 is 1.19. The first-order valence-electron chi connectivity index (χ1n) is 10.4. The van der Waals surface area contributed by atoms with Crippen LogP contribution in [0, 0.1) is 0 Å². The molecule has 2 N–H and O–H groups in total. The molecule has 3 aromatic rings. The molecule has 0 unspecified atom stereocenters. The molecule has 9 nitrogen and oxygen atoms in total. The number of nitrogens with zero attached hydrogens (tertiary/aromatic N) is 3. The molecule has 0 aliphatic carbocycles. The summed E-state index contributed by atoms with van der Waals surface area (Å²) in [4.78, 5) is 17.6. The molecule has 3 rings (SSSR count). The molecular formula is C21H26N4O5S3. The van der Waals surface area contributed by atoms with E-state index in [0.29, 0.717) is 29.1 Å². The van der Waals surface area contributed by atoms with Gasteiger partial charge < -0.3 is 4.57 Å². The van der Waals surface area contributed by atoms with Crippen LogP contribution in [0.5, 0.6) is 0 Å². The van der Waals surface area contributed by atoms with Crippen molar-refractivity contribution in [3.05, 3.63) is 52.8 Å². The normalized spacial score (nSPS) is 13.2. The van der Waals surface area contributed by atoms with Gasteiger partial charge in [0.25, 0.3) is 5.91 Å². The highest BCUT2D eigenvalue weighted by Crippen LogP contribution is 2.22. The molecule has 0 spiro atoms. The lowest BCUT2D eigenvalue weighted by atomic mass is 10.2. The first-order valence-corrected chi connectivity index (χ1v) is 14.2. The Labute approximate surface area is 197 Å². The van der Waals surface area contributed by atoms with Gasteiger partial charge in [0.2, 0.25) is 20.0 Å². The first-order chi connectivity index (χ1) is 15.5. The van der Waals surface area contributed by atoms with E-state index < -0.39 is 26.0 Å². The third-order valence-electron chi connectivity index (χ3n) is 5.07. The largest absolute Gasteiger partial charge is 0.316 e. The second-order valence-corrected chi connectivity index (χ2v) is 11.7. The molecule has 178 valence electrons. The zero-order valence-electron chi connectivity index (χ0n) is 18.6. The van der Waals surface area contributed by atoms with Gasteiger partial charge in [-0.3, -0.25) is 4.79 Å². The maximum Gasteiger partial charge on any atom is 0.279 e. The Kier molecular flexibility index (Phi) is 7.54. The maximum atomic E-state index is 12.8. The van der Waals surface area contributed by atoms with Crippen molar-refractivity contribution in [2.45, 2.75) is 43.5 Å². The summed E-state index contributed by atoms with van der Waals surface area (Å²) in [6.07, 6.45) is 0.780. The fraction of sp³-hybridized carbons (Fsp3) is 0.333. The van der Waals surface area contributed by atoms with Gasteiger partial charge in [-0.05, 0) is 48.9 Å². The molecule has 0 saturated carbocycles. The second-order valence-electron chi connectivity index (χ2n) is 7.24. The molecule has 0 atom stereocenters. The molecule has 12 heteroatoms. The number of aromatic nitrogens is 1. The van der Waals surface area contributed by atoms with E-state index in [2.05, 4.69) is 4.99 Å². The van der Waals surface area contributed by atoms with Crippen LogP contribution in [0.3, 0.4) is 0 Å². The Hall–Kier alpha value is -2.38. The monoisotopic (exact) mass is 510 g/mol. The highest BCUT2D eigenvalue weighted by atomic mass is 32.2. The number of sulfonamides is 2. The molecule has 1 amide bonds. The highest BCUT2D eigenvalue weighted by Gasteiger charge is 2.21. The molecule has 0 fully saturated rings. The van der Waals surface area contributed by atoms with E-state index >= 15 is 0 Å². The predicted molar refractivity (Wildman–Crippen MR) is 128 cm³/mol. The molecule has 0 radical (unpaired) electrons. The summed E-state index contributed by atoms with van der Waals surface area (Å²) in [6.45, 7) is 6.80. The third kappa shape index (κ3) is 5.25. The van der Waals surface area contributed by atoms with Crippen LogP contribution in [-0.4, -0.2) is 44.7 Å². The van der Waals surface area contributed by atoms with E-state index in [1.54, 1.807) is 19.9 Å². The molecule has 0 bridgehead atoms. The van der Waals surface area contributed by atoms with Gasteiger partial charge in [0.15, 0.2) is 4.80 Å². The van der Waals surface area contributed by atoms with Crippen LogP contribution in [0.2, 0.25) is 0 Å². The summed E-state index contributed by atoms with van der Waals surface area (Å²) in [6, 6.07) is 10.2. The molecule has 0 saturated heterocycles. The molecule has 2 aromatic carbocycles. The molecular weight excluding hydrogens is 484 g/mol. The van der Waals surface area contributed by atoms with Crippen molar-refractivity contribution < 1.29 is 21.6 Å². The van der Waals surface area contributed by atoms with Gasteiger partial charge in [-0.2, -0.15) is 9.30 Å². The van der Waals surface area contributed by atoms with Gasteiger partial charge in [-0.1, -0.05) is 32.1 Å². The van der Waals surface area contributed by atoms with Crippen LogP contribution in [0.15, 0.2) is 57.2 Å². The Morgan fingerprint density at radius 2 is 1.61 bits per heavy atom. The lowest BCUT2D eigenvalue weighted by molar-refractivity contribution is 0.0997. The van der Waals surface area contributed by atoms with Crippen LogP contribution in [0.25, 0.3) is 10.2 Å². The Morgan fingerprint density at radius 1 is 1.00 bits per heavy atom. The SMILES string of the molecule is CCCn1c(=NC(=O)c2ccc(S(=O)(=O)N(CC)CC)cc2)sc2cc(S(N)(=O)=O)ccc21. The fourth-order valence-corrected chi connectivity index (χ4v) is 6.56. The van der Waals surface area contributed by atoms with Crippen molar-refractivity contribution in [2.75, 3.05) is 13.1 Å². The third-order valence-corrected chi connectivity index (χ3v) is 9.09. The van der Waals surface area contributed by atoms with Crippen LogP contribution in [0.1, 0.15) is 37.6 Å². The van der Waals surface area contributed by atoms with E-state index in [4.69, 9.17) is 5.14 Å². The highest BCUT2D eigenvalue weighted by molar-refractivity contribution is 7.89. The average molecular weight is 511 g/mol. The first kappa shape index (κ1) is 25.2. The maximum absolute atomic E-state index is 12.8. The number of hydrogen-bond acceptors (Lipinski definition) is 6. The molecule has 1 heterocycles. The van der Waals surface area contributed by atoms with Crippen LogP contribution < -0.4 is 9.94 Å². The molecule has 0 aliphatic heterocycles. The second kappa shape index (κ2) is 9.85. The number of rotatable bonds is 8. The van der Waals surface area contributed by atoms with E-state index in [0.717, 1.165) is 11.9 Å². The standard InChI is InChI=1S/C21H26N4O5S3/c1-4-13-25-18-12-11-17(32(22,27)28)14-19(18)31-21(25)23-20(26)15-7-9-16(10-8-15)33(29,30)24(5-2)6-3/h7-12,14H,4-6,13H2,1-3H3,(H2,22,27,28). The van der Waals surface area contributed by atoms with E-state index in [-0.39, 0.29) is 15.4 Å². The zero-order chi connectivity index (χ0) is 24.4. The van der Waals surface area contributed by atoms with E-state index in [1.807, 2.05) is 11.5 Å². The van der Waals surface area contributed by atoms with Crippen LogP contribution in [-0.2, 0) is 26.6 Å². The number of fused-ring (bicyclic) bond motifs is 1. The van der Waals surface area contributed by atoms with Crippen molar-refractivity contribution in [1.29, 1.82) is 0 Å². The fourth-order valence-electron chi connectivity index (χ4n) is 3.39. The van der Waals surface area contributed by atoms with Crippen LogP contribution in [0.4, 0.5) is 0 Å². The van der Waals surface area contributed by atoms with E-state index in [1.165, 1.54) is 52.0 Å². The smallest absolute Gasteiger partial charge is 0.279 e. The summed E-state index contributed by atoms with van der Waals surface area (Å²) in [7, 11) is -7.48. The lowest BCUT2D eigenvalue weighted by Crippen LogP contribution is -2.30. The van der Waals surface area contributed by atoms with Crippen molar-refractivity contribution in [3.63, 3.8) is 0 Å². The van der Waals surface area contributed by atoms with Gasteiger partial charge in [-0.15, -0.1) is 0 Å². The zero-order valence-corrected chi connectivity index (χ0v) is 21.0. The number of amides is 1. The van der Waals surface area contributed by atoms with Gasteiger partial charge in [-0.25, -0.2) is 22.0 Å². The number of thiazole rings is 1. The summed E-state index contributed by atoms with van der Waals surface area (Å²) in [5.41, 5.74) is 1.00. The number of carbonyl (C=O) groups is 1. The number of nitrogens with two attached hydrogens (primary N) is 1. The average Bonchev–Trinajstić information content (AvgIpc) is 3.10. The van der Waals surface area contributed by atoms with Crippen LogP contribution >= 0.6 is 11.3 Å². The number of primary sulfonamides is 1. The summed E-state index contributed by atoms with van der Waals surface area (Å²) in [5.74, 6) is -0.523. The minimum atomic E-state index is -3.86. The molecule has 1 aromatic heterocycles. The van der Waals surface area contributed by atoms with Crippen molar-refractivity contribution in [3.8, 4) is 0 Å². The van der Waals surface area contributed by atoms with Gasteiger partial charge in [0.05, 0.1) is 20.0 Å². The Balaban J connectivity index is 2.03. The summed E-state index contributed by atoms with van der Waals surface area (Å²) < 4.78 is 52.5. The van der Waals surface area contributed by atoms with Gasteiger partial charge >= 0.3 is 0 Å². The molecule has 0 aliphatic rings. The van der Waals surface area contributed by atoms with Crippen molar-refractivity contribution in [1.82, 2.24) is 8.87 Å². The van der Waals surface area contributed by atoms with Gasteiger partial charge in [0, 0.05) is 25.2 Å². The van der Waals surface area contributed by atoms with Crippen molar-refractivity contribution in [2.24, 2.45) is 10.1 Å². The topological polar surface area (TPSA) is 132 Å². The summed E-state index contributed by atoms with van der Waals surface area (Å²) in [5, 5.41) is 5.23. The minimum Gasteiger partial charge on any atom is -0.316 e. The van der Waals surface area contributed by atoms with E-state index in [9.17, 15) is 21.6 Å². The Bertz CT molecular complexity index is 1450. The number of carbonyl (C=O) groups excluding carboxylic acids is 1. The predicted octanol–water partition coefficient (Wildman–Crippen LogP) is 2.53. The number of aryl methyl sites for hydroxylation is 1. The Morgan fingerprint density at radius 3 is 2.15 bits per heavy atom. The minimum absolute atomic E-state index is 0.0113.